The molecule has 0 spiro atoms. The van der Waals surface area contributed by atoms with Gasteiger partial charge in [-0.15, -0.1) is 0 Å². The zero-order valence-electron chi connectivity index (χ0n) is 20.4. The van der Waals surface area contributed by atoms with Crippen molar-refractivity contribution in [2.45, 2.75) is 26.0 Å². The fourth-order valence-electron chi connectivity index (χ4n) is 4.91. The average molecular weight is 476 g/mol. The summed E-state index contributed by atoms with van der Waals surface area (Å²) in [5.74, 6) is 1.28. The molecule has 8 heteroatoms. The van der Waals surface area contributed by atoms with Crippen LogP contribution in [0.1, 0.15) is 30.7 Å². The van der Waals surface area contributed by atoms with Crippen molar-refractivity contribution in [3.8, 4) is 22.8 Å². The third-order valence-electron chi connectivity index (χ3n) is 6.55. The Labute approximate surface area is 202 Å². The molecule has 0 fully saturated rings. The average Bonchev–Trinajstić information content (AvgIpc) is 3.25. The van der Waals surface area contributed by atoms with Crippen LogP contribution in [0.3, 0.4) is 0 Å². The minimum absolute atomic E-state index is 0.316. The number of hydrogen-bond acceptors (Lipinski definition) is 5. The minimum Gasteiger partial charge on any atom is -0.493 e. The van der Waals surface area contributed by atoms with Gasteiger partial charge in [-0.2, -0.15) is 0 Å². The second-order valence-corrected chi connectivity index (χ2v) is 8.69. The number of hydrogen-bond donors (Lipinski definition) is 0. The standard InChI is InChI=1S/C27H29N3O5/c1-5-14-34-19-12-11-18(16-20(19)33-4)25-24-23-21(26(31)29(3)27(32)28(23)2)22(30(24)13-15-35-25)17-9-7-6-8-10-17/h6-12,16,25H,5,13-15H2,1-4H3. The van der Waals surface area contributed by atoms with Crippen LogP contribution in [-0.2, 0) is 25.4 Å². The van der Waals surface area contributed by atoms with E-state index < -0.39 is 6.10 Å². The zero-order chi connectivity index (χ0) is 24.7. The molecule has 0 saturated carbocycles. The fourth-order valence-corrected chi connectivity index (χ4v) is 4.91. The summed E-state index contributed by atoms with van der Waals surface area (Å²) < 4.78 is 22.6. The lowest BCUT2D eigenvalue weighted by Gasteiger charge is -2.28. The molecule has 1 unspecified atom stereocenters. The van der Waals surface area contributed by atoms with Gasteiger partial charge in [0.25, 0.3) is 5.56 Å². The maximum Gasteiger partial charge on any atom is 0.331 e. The summed E-state index contributed by atoms with van der Waals surface area (Å²) in [6.45, 7) is 3.67. The van der Waals surface area contributed by atoms with Crippen molar-refractivity contribution < 1.29 is 14.2 Å². The molecule has 182 valence electrons. The zero-order valence-corrected chi connectivity index (χ0v) is 20.4. The van der Waals surface area contributed by atoms with Crippen molar-refractivity contribution in [1.82, 2.24) is 13.7 Å². The second kappa shape index (κ2) is 9.11. The molecule has 1 aliphatic rings. The summed E-state index contributed by atoms with van der Waals surface area (Å²) in [5.41, 5.74) is 3.26. The lowest BCUT2D eigenvalue weighted by atomic mass is 10.0. The Morgan fingerprint density at radius 3 is 2.51 bits per heavy atom. The molecule has 2 aromatic carbocycles. The molecule has 0 amide bonds. The van der Waals surface area contributed by atoms with Gasteiger partial charge in [0.1, 0.15) is 6.10 Å². The Morgan fingerprint density at radius 2 is 1.80 bits per heavy atom. The Bertz CT molecular complexity index is 1510. The lowest BCUT2D eigenvalue weighted by molar-refractivity contribution is 0.0477. The Kier molecular flexibility index (Phi) is 5.98. The van der Waals surface area contributed by atoms with Gasteiger partial charge in [0.15, 0.2) is 11.5 Å². The smallest absolute Gasteiger partial charge is 0.331 e. The van der Waals surface area contributed by atoms with Crippen LogP contribution in [0.25, 0.3) is 22.2 Å². The molecule has 5 rings (SSSR count). The van der Waals surface area contributed by atoms with Crippen LogP contribution >= 0.6 is 0 Å². The summed E-state index contributed by atoms with van der Waals surface area (Å²) >= 11 is 0. The van der Waals surface area contributed by atoms with Crippen molar-refractivity contribution in [3.05, 3.63) is 80.6 Å². The molecule has 1 atom stereocenters. The molecule has 8 nitrogen and oxygen atoms in total. The topological polar surface area (TPSA) is 76.6 Å². The van der Waals surface area contributed by atoms with E-state index in [9.17, 15) is 9.59 Å². The van der Waals surface area contributed by atoms with Crippen molar-refractivity contribution in [1.29, 1.82) is 0 Å². The first-order chi connectivity index (χ1) is 17.0. The summed E-state index contributed by atoms with van der Waals surface area (Å²) in [6, 6.07) is 15.6. The predicted molar refractivity (Wildman–Crippen MR) is 134 cm³/mol. The summed E-state index contributed by atoms with van der Waals surface area (Å²) in [5, 5.41) is 0.515. The summed E-state index contributed by atoms with van der Waals surface area (Å²) in [7, 11) is 4.83. The van der Waals surface area contributed by atoms with Crippen LogP contribution in [0.2, 0.25) is 0 Å². The van der Waals surface area contributed by atoms with Crippen molar-refractivity contribution in [3.63, 3.8) is 0 Å². The minimum atomic E-state index is -0.490. The van der Waals surface area contributed by atoms with Gasteiger partial charge in [0, 0.05) is 20.6 Å². The molecule has 4 aromatic rings. The highest BCUT2D eigenvalue weighted by Crippen LogP contribution is 2.42. The number of aryl methyl sites for hydroxylation is 1. The van der Waals surface area contributed by atoms with E-state index in [4.69, 9.17) is 14.2 Å². The number of nitrogens with zero attached hydrogens (tertiary/aromatic N) is 3. The first kappa shape index (κ1) is 23.0. The Morgan fingerprint density at radius 1 is 1.03 bits per heavy atom. The highest BCUT2D eigenvalue weighted by atomic mass is 16.5. The summed E-state index contributed by atoms with van der Waals surface area (Å²) in [4.78, 5) is 26.4. The number of aromatic nitrogens is 3. The van der Waals surface area contributed by atoms with E-state index >= 15 is 0 Å². The first-order valence-corrected chi connectivity index (χ1v) is 11.8. The fraction of sp³-hybridized carbons (Fsp3) is 0.333. The third kappa shape index (κ3) is 3.65. The number of ether oxygens (including phenoxy) is 3. The largest absolute Gasteiger partial charge is 0.493 e. The van der Waals surface area contributed by atoms with E-state index in [0.717, 1.165) is 28.9 Å². The quantitative estimate of drug-likeness (QED) is 0.426. The molecule has 0 aliphatic carbocycles. The van der Waals surface area contributed by atoms with Gasteiger partial charge in [-0.05, 0) is 29.7 Å². The summed E-state index contributed by atoms with van der Waals surface area (Å²) in [6.07, 6.45) is 0.400. The van der Waals surface area contributed by atoms with E-state index in [1.165, 1.54) is 11.6 Å². The van der Waals surface area contributed by atoms with Gasteiger partial charge in [0.2, 0.25) is 0 Å². The number of methoxy groups -OCH3 is 1. The SMILES string of the molecule is CCCOc1ccc(C2OCCn3c(-c4ccccc4)c4c(=O)n(C)c(=O)n(C)c4c32)cc1OC. The third-order valence-corrected chi connectivity index (χ3v) is 6.55. The molecule has 2 aromatic heterocycles. The number of benzene rings is 2. The first-order valence-electron chi connectivity index (χ1n) is 11.8. The predicted octanol–water partition coefficient (Wildman–Crippen LogP) is 3.62. The van der Waals surface area contributed by atoms with Crippen molar-refractivity contribution in [2.24, 2.45) is 14.1 Å². The van der Waals surface area contributed by atoms with Gasteiger partial charge < -0.3 is 18.8 Å². The molecular weight excluding hydrogens is 446 g/mol. The maximum atomic E-state index is 13.5. The van der Waals surface area contributed by atoms with Gasteiger partial charge in [-0.25, -0.2) is 4.79 Å². The Hall–Kier alpha value is -3.78. The highest BCUT2D eigenvalue weighted by Gasteiger charge is 2.33. The van der Waals surface area contributed by atoms with E-state index in [1.54, 1.807) is 18.7 Å². The van der Waals surface area contributed by atoms with E-state index in [0.29, 0.717) is 42.2 Å². The van der Waals surface area contributed by atoms with Crippen molar-refractivity contribution in [2.75, 3.05) is 20.3 Å². The normalized spacial score (nSPS) is 15.3. The molecule has 1 aliphatic heterocycles. The van der Waals surface area contributed by atoms with Crippen molar-refractivity contribution >= 4 is 10.9 Å². The van der Waals surface area contributed by atoms with Gasteiger partial charge in [-0.3, -0.25) is 13.9 Å². The van der Waals surface area contributed by atoms with Crippen LogP contribution in [-0.4, -0.2) is 34.0 Å². The van der Waals surface area contributed by atoms with E-state index in [2.05, 4.69) is 11.5 Å². The van der Waals surface area contributed by atoms with Crippen LogP contribution in [0.4, 0.5) is 0 Å². The molecule has 0 bridgehead atoms. The Balaban J connectivity index is 1.81. The number of rotatable bonds is 6. The monoisotopic (exact) mass is 475 g/mol. The van der Waals surface area contributed by atoms with E-state index in [1.807, 2.05) is 48.5 Å². The maximum absolute atomic E-state index is 13.5. The van der Waals surface area contributed by atoms with Crippen LogP contribution in [0, 0.1) is 0 Å². The molecule has 0 saturated heterocycles. The second-order valence-electron chi connectivity index (χ2n) is 8.69. The van der Waals surface area contributed by atoms with E-state index in [-0.39, 0.29) is 11.2 Å². The molecule has 35 heavy (non-hydrogen) atoms. The molecule has 0 radical (unpaired) electrons. The molecule has 3 heterocycles. The van der Waals surface area contributed by atoms with Gasteiger partial charge >= 0.3 is 5.69 Å². The van der Waals surface area contributed by atoms with Crippen LogP contribution in [0.5, 0.6) is 11.5 Å². The molecular formula is C27H29N3O5. The molecule has 0 N–H and O–H groups in total. The van der Waals surface area contributed by atoms with Crippen LogP contribution < -0.4 is 20.7 Å². The van der Waals surface area contributed by atoms with Crippen LogP contribution in [0.15, 0.2) is 58.1 Å². The van der Waals surface area contributed by atoms with Gasteiger partial charge in [-0.1, -0.05) is 43.3 Å². The van der Waals surface area contributed by atoms with Gasteiger partial charge in [0.05, 0.1) is 42.6 Å². The number of fused-ring (bicyclic) bond motifs is 3. The lowest BCUT2D eigenvalue weighted by Crippen LogP contribution is -2.37. The highest BCUT2D eigenvalue weighted by molar-refractivity contribution is 5.96.